The zero-order valence-corrected chi connectivity index (χ0v) is 92.1. The summed E-state index contributed by atoms with van der Waals surface area (Å²) in [7, 11) is 13.4. The SMILES string of the molecule is CCc1cc(C(C)(C)C)c2cnc(-c3cnn(C)c3)cc2c1.Cc1c(-c2cnn(C)c2)ncc2c(C(C)(C)C)cccc12.Cc1nc(-c2cnn(C)c2)cc2cccc(C(C)(C)C)c12.Cn1cc(-c2cc3c(C(C)(C)C)cccc3cn2)cn1.Cn1cc(-c2cc3cc(Cl)cc(C(C)(C)C)c3cn2)cn1.Cn1cc(-c2ccc3c(C(C)(C)C)cccc3n2)cn1.Cn1cc(-c2ncc3c(C(C)(C)C)cccc3c2C#N)cn1. The highest BCUT2D eigenvalue weighted by atomic mass is 35.5. The van der Waals surface area contributed by atoms with E-state index in [1.807, 2.05) is 199 Å². The number of rotatable bonds is 8. The first-order chi connectivity index (χ1) is 69.3. The minimum Gasteiger partial charge on any atom is -0.275 e. The standard InChI is InChI=1S/C19H23N3.C18H18N4.2C18H21N3.C17H18ClN3.2C17H19N3/c1-6-13-7-14-9-18(15-10-21-22(5)12-15)20-11-16(14)17(8-13)19(2,3)4;1-18(2,3)16-7-5-6-13-14(8-19)17(20-10-15(13)16)12-9-21-22(4)11-12;1-12-14-7-6-8-16(18(2,3)4)15(14)10-19-17(12)13-9-20-21(5)11-13;1-12-17-13(7-6-8-15(17)18(2,3)4)9-16(20-12)14-10-19-21(5)11-14;1-17(2,3)15-7-13(18)5-11-6-16(19-9-14(11)15)12-8-20-21(4)10-12;1-17(2,3)15-7-5-6-12-9-18-16(8-14(12)15)13-10-19-20(4)11-13;1-17(2,3)14-6-5-7-16-13(14)8-9-15(19-16)12-10-18-20(4)11-12/h7-12H,6H2,1-5H3;5-7,9-11H,1-4H3;2*6-11H,1-5H3;5-10H,1-4H3;2*5-11H,1-4H3. The maximum atomic E-state index is 9.66. The van der Waals surface area contributed by atoms with Gasteiger partial charge in [0.1, 0.15) is 6.07 Å². The Morgan fingerprint density at radius 1 is 0.279 bits per heavy atom. The molecule has 14 aromatic heterocycles. The molecular weight excluding hydrogens is 1830 g/mol. The molecule has 752 valence electrons. The van der Waals surface area contributed by atoms with Gasteiger partial charge in [-0.15, -0.1) is 0 Å². The Morgan fingerprint density at radius 2 is 0.633 bits per heavy atom. The quantitative estimate of drug-likeness (QED) is 0.137. The summed E-state index contributed by atoms with van der Waals surface area (Å²) < 4.78 is 12.5. The molecule has 21 rings (SSSR count). The molecule has 0 amide bonds. The first kappa shape index (κ1) is 106. The third kappa shape index (κ3) is 24.4. The number of aromatic nitrogens is 21. The fourth-order valence-electron chi connectivity index (χ4n) is 19.0. The van der Waals surface area contributed by atoms with Crippen LogP contribution in [0.1, 0.15) is 214 Å². The molecule has 22 nitrogen and oxygen atoms in total. The second-order valence-corrected chi connectivity index (χ2v) is 46.1. The van der Waals surface area contributed by atoms with Gasteiger partial charge in [-0.1, -0.05) is 267 Å². The second kappa shape index (κ2) is 42.4. The Hall–Kier alpha value is -15.3. The van der Waals surface area contributed by atoms with E-state index in [2.05, 4.69) is 355 Å². The van der Waals surface area contributed by atoms with Crippen molar-refractivity contribution in [3.05, 3.63) is 336 Å². The highest BCUT2D eigenvalue weighted by Crippen LogP contribution is 2.42. The van der Waals surface area contributed by atoms with Crippen LogP contribution in [0, 0.1) is 25.2 Å². The molecule has 7 aromatic carbocycles. The summed E-state index contributed by atoms with van der Waals surface area (Å²) in [5, 5.41) is 55.4. The topological polar surface area (TPSA) is 239 Å². The third-order valence-corrected chi connectivity index (χ3v) is 26.7. The Kier molecular flexibility index (Phi) is 30.5. The lowest BCUT2D eigenvalue weighted by Crippen LogP contribution is -2.12. The fraction of sp³-hybridized carbons (Fsp3) is 0.315. The van der Waals surface area contributed by atoms with Crippen LogP contribution in [-0.4, -0.2) is 103 Å². The average molecular weight is 1970 g/mol. The first-order valence-electron chi connectivity index (χ1n) is 50.2. The summed E-state index contributed by atoms with van der Waals surface area (Å²) in [4.78, 5) is 32.7. The molecule has 0 unspecified atom stereocenters. The van der Waals surface area contributed by atoms with Crippen LogP contribution in [-0.2, 0) is 93.7 Å². The Balaban J connectivity index is 0.000000129. The third-order valence-electron chi connectivity index (χ3n) is 26.5. The van der Waals surface area contributed by atoms with Gasteiger partial charge in [0.2, 0.25) is 0 Å². The zero-order chi connectivity index (χ0) is 106. The van der Waals surface area contributed by atoms with Crippen LogP contribution in [0.2, 0.25) is 5.02 Å². The molecule has 0 saturated heterocycles. The van der Waals surface area contributed by atoms with E-state index in [1.165, 1.54) is 98.5 Å². The molecule has 0 bridgehead atoms. The van der Waals surface area contributed by atoms with Crippen LogP contribution < -0.4 is 0 Å². The van der Waals surface area contributed by atoms with Crippen LogP contribution in [0.4, 0.5) is 0 Å². The molecule has 0 N–H and O–H groups in total. The molecule has 0 aliphatic heterocycles. The maximum absolute atomic E-state index is 9.66. The first-order valence-corrected chi connectivity index (χ1v) is 50.5. The molecule has 147 heavy (non-hydrogen) atoms. The fourth-order valence-corrected chi connectivity index (χ4v) is 19.2. The van der Waals surface area contributed by atoms with Crippen molar-refractivity contribution in [3.63, 3.8) is 0 Å². The van der Waals surface area contributed by atoms with Crippen molar-refractivity contribution in [1.29, 1.82) is 5.26 Å². The lowest BCUT2D eigenvalue weighted by Gasteiger charge is -2.22. The maximum Gasteiger partial charge on any atom is 0.102 e. The van der Waals surface area contributed by atoms with Gasteiger partial charge in [-0.2, -0.15) is 41.0 Å². The van der Waals surface area contributed by atoms with Crippen molar-refractivity contribution in [1.82, 2.24) is 103 Å². The molecule has 14 heterocycles. The largest absolute Gasteiger partial charge is 0.275 e. The van der Waals surface area contributed by atoms with Crippen LogP contribution in [0.5, 0.6) is 0 Å². The van der Waals surface area contributed by atoms with Gasteiger partial charge in [0, 0.05) is 216 Å². The smallest absolute Gasteiger partial charge is 0.102 e. The predicted molar refractivity (Wildman–Crippen MR) is 607 cm³/mol. The average Bonchev–Trinajstić information content (AvgIpc) is 1.73. The molecule has 0 fully saturated rings. The minimum absolute atomic E-state index is 0.00371. The van der Waals surface area contributed by atoms with Crippen LogP contribution in [0.25, 0.3) is 154 Å². The number of benzene rings is 7. The van der Waals surface area contributed by atoms with Gasteiger partial charge in [0.05, 0.1) is 94.3 Å². The molecule has 0 atom stereocenters. The van der Waals surface area contributed by atoms with Crippen LogP contribution in [0.15, 0.2) is 269 Å². The molecule has 0 radical (unpaired) electrons. The number of nitriles is 1. The number of hydrogen-bond acceptors (Lipinski definition) is 15. The molecule has 23 heteroatoms. The molecule has 0 saturated carbocycles. The number of nitrogens with zero attached hydrogens (tertiary/aromatic N) is 22. The lowest BCUT2D eigenvalue weighted by molar-refractivity contribution is 0.594. The van der Waals surface area contributed by atoms with Crippen molar-refractivity contribution < 1.29 is 0 Å². The van der Waals surface area contributed by atoms with Crippen molar-refractivity contribution in [2.45, 2.75) is 210 Å². The van der Waals surface area contributed by atoms with E-state index in [4.69, 9.17) is 26.6 Å². The van der Waals surface area contributed by atoms with E-state index in [0.717, 1.165) is 117 Å². The van der Waals surface area contributed by atoms with Gasteiger partial charge < -0.3 is 0 Å². The summed E-state index contributed by atoms with van der Waals surface area (Å²) in [5.41, 5.74) is 28.8. The Labute approximate surface area is 870 Å². The molecule has 0 spiro atoms. The highest BCUT2D eigenvalue weighted by Gasteiger charge is 2.28. The summed E-state index contributed by atoms with van der Waals surface area (Å²) in [6.07, 6.45) is 37.5. The number of fused-ring (bicyclic) bond motifs is 7. The Morgan fingerprint density at radius 3 is 1.08 bits per heavy atom. The lowest BCUT2D eigenvalue weighted by atomic mass is 9.82. The summed E-state index contributed by atoms with van der Waals surface area (Å²) in [5.74, 6) is 0. The van der Waals surface area contributed by atoms with Gasteiger partial charge in [-0.3, -0.25) is 62.7 Å². The number of hydrogen-bond donors (Lipinski definition) is 0. The molecule has 0 aliphatic rings. The molecule has 0 aliphatic carbocycles. The van der Waals surface area contributed by atoms with Gasteiger partial charge in [-0.25, -0.2) is 4.98 Å². The number of aryl methyl sites for hydroxylation is 10. The van der Waals surface area contributed by atoms with E-state index in [0.29, 0.717) is 11.3 Å². The van der Waals surface area contributed by atoms with Gasteiger partial charge >= 0.3 is 0 Å². The number of halogens is 1. The van der Waals surface area contributed by atoms with Gasteiger partial charge in [0.25, 0.3) is 0 Å². The Bertz CT molecular complexity index is 8400. The van der Waals surface area contributed by atoms with E-state index in [1.54, 1.807) is 24.9 Å². The highest BCUT2D eigenvalue weighted by molar-refractivity contribution is 6.31. The van der Waals surface area contributed by atoms with E-state index in [-0.39, 0.29) is 37.9 Å². The van der Waals surface area contributed by atoms with Crippen LogP contribution >= 0.6 is 11.6 Å². The summed E-state index contributed by atoms with van der Waals surface area (Å²) in [6, 6.07) is 55.7. The van der Waals surface area contributed by atoms with Crippen molar-refractivity contribution in [2.75, 3.05) is 0 Å². The molecule has 21 aromatic rings. The minimum atomic E-state index is 0.00371. The van der Waals surface area contributed by atoms with Crippen molar-refractivity contribution in [2.24, 2.45) is 49.3 Å². The summed E-state index contributed by atoms with van der Waals surface area (Å²) >= 11 is 6.30. The normalized spacial score (nSPS) is 12.0. The van der Waals surface area contributed by atoms with E-state index >= 15 is 0 Å². The van der Waals surface area contributed by atoms with E-state index in [9.17, 15) is 5.26 Å². The zero-order valence-electron chi connectivity index (χ0n) is 91.3. The predicted octanol–water partition coefficient (Wildman–Crippen LogP) is 29.2. The van der Waals surface area contributed by atoms with Crippen molar-refractivity contribution >= 4 is 87.1 Å². The van der Waals surface area contributed by atoms with Crippen molar-refractivity contribution in [3.8, 4) is 84.9 Å². The second-order valence-electron chi connectivity index (χ2n) is 45.6. The van der Waals surface area contributed by atoms with E-state index < -0.39 is 0 Å². The molecular formula is C124H139ClN22. The monoisotopic (exact) mass is 1970 g/mol. The summed E-state index contributed by atoms with van der Waals surface area (Å²) in [6.45, 7) is 53.2. The van der Waals surface area contributed by atoms with Gasteiger partial charge in [-0.05, 0) is 184 Å². The number of pyridine rings is 7. The van der Waals surface area contributed by atoms with Gasteiger partial charge in [0.15, 0.2) is 0 Å². The van der Waals surface area contributed by atoms with Crippen LogP contribution in [0.3, 0.4) is 0 Å².